The van der Waals surface area contributed by atoms with Gasteiger partial charge in [-0.25, -0.2) is 0 Å². The first-order valence-corrected chi connectivity index (χ1v) is 8.40. The number of hydrogen-bond acceptors (Lipinski definition) is 1. The molecule has 0 aromatic heterocycles. The van der Waals surface area contributed by atoms with E-state index in [0.29, 0.717) is 0 Å². The molecule has 0 N–H and O–H groups in total. The van der Waals surface area contributed by atoms with Gasteiger partial charge in [0, 0.05) is 0 Å². The topological polar surface area (TPSA) is 12.4 Å². The van der Waals surface area contributed by atoms with E-state index in [-0.39, 0.29) is 5.41 Å². The van der Waals surface area contributed by atoms with Crippen LogP contribution in [0.1, 0.15) is 48.5 Å². The van der Waals surface area contributed by atoms with E-state index < -0.39 is 14.4 Å². The van der Waals surface area contributed by atoms with Crippen molar-refractivity contribution in [2.24, 2.45) is 21.2 Å². The van der Waals surface area contributed by atoms with Crippen molar-refractivity contribution < 1.29 is 0 Å². The summed E-state index contributed by atoms with van der Waals surface area (Å²) in [7, 11) is 0. The maximum atomic E-state index is 4.89. The van der Waals surface area contributed by atoms with Gasteiger partial charge in [-0.2, -0.15) is 0 Å². The standard InChI is InChI=1S/C5H10N.2C4H9.Al/c1-5(2,3)4-6;2*1-4(2)3;/h4H,1-3H3;2*4H,1H2,2-3H3;/q-1;;;+1. The lowest BCUT2D eigenvalue weighted by Crippen LogP contribution is -2.18. The summed E-state index contributed by atoms with van der Waals surface area (Å²) in [5, 5.41) is 2.70. The molecule has 0 heterocycles. The molecule has 15 heavy (non-hydrogen) atoms. The third-order valence-electron chi connectivity index (χ3n) is 2.16. The fraction of sp³-hybridized carbons (Fsp3) is 0.923. The van der Waals surface area contributed by atoms with Crippen LogP contribution in [0.4, 0.5) is 0 Å². The van der Waals surface area contributed by atoms with Crippen LogP contribution in [0.5, 0.6) is 0 Å². The highest BCUT2D eigenvalue weighted by Crippen LogP contribution is 2.17. The van der Waals surface area contributed by atoms with E-state index in [2.05, 4.69) is 54.7 Å². The Morgan fingerprint density at radius 3 is 1.67 bits per heavy atom. The second-order valence-electron chi connectivity index (χ2n) is 6.56. The molecule has 0 aliphatic heterocycles. The van der Waals surface area contributed by atoms with E-state index in [0.717, 1.165) is 11.8 Å². The van der Waals surface area contributed by atoms with E-state index in [1.807, 2.05) is 0 Å². The zero-order valence-corrected chi connectivity index (χ0v) is 12.8. The quantitative estimate of drug-likeness (QED) is 0.485. The Hall–Kier alpha value is 0.202. The van der Waals surface area contributed by atoms with Crippen molar-refractivity contribution in [3.8, 4) is 0 Å². The molecule has 0 atom stereocenters. The maximum absolute atomic E-state index is 4.89. The van der Waals surface area contributed by atoms with E-state index in [1.54, 1.807) is 0 Å². The largest absolute Gasteiger partial charge is 0.435 e. The fourth-order valence-electron chi connectivity index (χ4n) is 1.64. The van der Waals surface area contributed by atoms with Crippen molar-refractivity contribution in [3.05, 3.63) is 0 Å². The molecule has 2 heteroatoms. The van der Waals surface area contributed by atoms with Gasteiger partial charge in [-0.3, -0.25) is 0 Å². The van der Waals surface area contributed by atoms with Crippen molar-refractivity contribution >= 4 is 20.6 Å². The molecule has 0 unspecified atom stereocenters. The third kappa shape index (κ3) is 10.5. The van der Waals surface area contributed by atoms with Crippen molar-refractivity contribution in [3.63, 3.8) is 0 Å². The molecule has 1 nitrogen and oxygen atoms in total. The second kappa shape index (κ2) is 6.71. The van der Waals surface area contributed by atoms with Gasteiger partial charge in [0.1, 0.15) is 0 Å². The van der Waals surface area contributed by atoms with Crippen LogP contribution in [-0.2, 0) is 0 Å². The van der Waals surface area contributed by atoms with Crippen LogP contribution in [0.2, 0.25) is 10.6 Å². The molecule has 0 fully saturated rings. The molecule has 0 radical (unpaired) electrons. The molecule has 0 spiro atoms. The lowest BCUT2D eigenvalue weighted by atomic mass is 10.00. The molecule has 88 valence electrons. The molecule has 0 aliphatic rings. The van der Waals surface area contributed by atoms with Gasteiger partial charge >= 0.3 is 14.4 Å². The minimum Gasteiger partial charge on any atom is -0.408 e. The zero-order chi connectivity index (χ0) is 12.1. The summed E-state index contributed by atoms with van der Waals surface area (Å²) < 4.78 is 4.89. The Labute approximate surface area is 101 Å². The van der Waals surface area contributed by atoms with Crippen LogP contribution in [0.3, 0.4) is 0 Å². The van der Waals surface area contributed by atoms with Crippen LogP contribution < -0.4 is 0 Å². The minimum absolute atomic E-state index is 0.249. The summed E-state index contributed by atoms with van der Waals surface area (Å²) in [4.78, 5) is 0. The summed E-state index contributed by atoms with van der Waals surface area (Å²) in [6, 6.07) is 0. The van der Waals surface area contributed by atoms with Gasteiger partial charge in [0.05, 0.1) is 0 Å². The number of hydrogen-bond donors (Lipinski definition) is 0. The van der Waals surface area contributed by atoms with Gasteiger partial charge in [-0.15, -0.1) is 0 Å². The van der Waals surface area contributed by atoms with Crippen LogP contribution >= 0.6 is 0 Å². The van der Waals surface area contributed by atoms with E-state index >= 15 is 0 Å². The highest BCUT2D eigenvalue weighted by atomic mass is 27.2. The average Bonchev–Trinajstić information content (AvgIpc) is 1.96. The van der Waals surface area contributed by atoms with Crippen molar-refractivity contribution in [1.29, 1.82) is 0 Å². The second-order valence-corrected chi connectivity index (χ2v) is 9.11. The van der Waals surface area contributed by atoms with Crippen LogP contribution in [0, 0.1) is 17.3 Å². The Morgan fingerprint density at radius 2 is 1.40 bits per heavy atom. The molecule has 0 aromatic carbocycles. The highest BCUT2D eigenvalue weighted by Gasteiger charge is 2.21. The highest BCUT2D eigenvalue weighted by molar-refractivity contribution is 6.58. The predicted molar refractivity (Wildman–Crippen MR) is 73.0 cm³/mol. The minimum atomic E-state index is -0.880. The summed E-state index contributed by atoms with van der Waals surface area (Å²) in [5.74, 6) is 1.61. The molecule has 0 amide bonds. The first kappa shape index (κ1) is 15.2. The monoisotopic (exact) mass is 225 g/mol. The third-order valence-corrected chi connectivity index (χ3v) is 5.70. The van der Waals surface area contributed by atoms with Gasteiger partial charge < -0.3 is 3.98 Å². The van der Waals surface area contributed by atoms with E-state index in [4.69, 9.17) is 3.98 Å². The molecule has 0 aromatic rings. The molecular weight excluding hydrogens is 197 g/mol. The maximum Gasteiger partial charge on any atom is 0.435 e. The molecule has 0 rings (SSSR count). The summed E-state index contributed by atoms with van der Waals surface area (Å²) in [6.07, 6.45) is 2.19. The summed E-state index contributed by atoms with van der Waals surface area (Å²) in [5.41, 5.74) is 0.249. The first-order valence-electron chi connectivity index (χ1n) is 6.25. The van der Waals surface area contributed by atoms with E-state index in [9.17, 15) is 0 Å². The molecule has 0 bridgehead atoms. The van der Waals surface area contributed by atoms with Crippen molar-refractivity contribution in [1.82, 2.24) is 0 Å². The fourth-order valence-corrected chi connectivity index (χ4v) is 4.91. The van der Waals surface area contributed by atoms with Gasteiger partial charge in [-0.05, 0) is 11.6 Å². The van der Waals surface area contributed by atoms with Crippen LogP contribution in [0.25, 0.3) is 0 Å². The summed E-state index contributed by atoms with van der Waals surface area (Å²) in [6.45, 7) is 15.9. The molecule has 0 saturated carbocycles. The zero-order valence-electron chi connectivity index (χ0n) is 11.7. The van der Waals surface area contributed by atoms with E-state index in [1.165, 1.54) is 10.6 Å². The lowest BCUT2D eigenvalue weighted by Gasteiger charge is -2.15. The smallest absolute Gasteiger partial charge is 0.408 e. The van der Waals surface area contributed by atoms with Crippen molar-refractivity contribution in [2.45, 2.75) is 59.0 Å². The Balaban J connectivity index is 4.30. The SMILES string of the molecule is CC(C)[CH2][Al]([CH2]C(C)C)/[N]=C/C(C)(C)C. The molecule has 0 saturated heterocycles. The predicted octanol–water partition coefficient (Wildman–Crippen LogP) is 4.41. The van der Waals surface area contributed by atoms with Gasteiger partial charge in [0.25, 0.3) is 0 Å². The Bertz CT molecular complexity index is 179. The number of rotatable bonds is 5. The Kier molecular flexibility index (Phi) is 6.80. The molecule has 0 aliphatic carbocycles. The lowest BCUT2D eigenvalue weighted by molar-refractivity contribution is 0.607. The van der Waals surface area contributed by atoms with Crippen LogP contribution in [0.15, 0.2) is 3.98 Å². The van der Waals surface area contributed by atoms with Crippen LogP contribution in [-0.4, -0.2) is 20.6 Å². The first-order chi connectivity index (χ1) is 6.70. The average molecular weight is 225 g/mol. The summed E-state index contributed by atoms with van der Waals surface area (Å²) >= 11 is -0.880. The van der Waals surface area contributed by atoms with Crippen molar-refractivity contribution in [2.75, 3.05) is 0 Å². The Morgan fingerprint density at radius 1 is 1.00 bits per heavy atom. The van der Waals surface area contributed by atoms with Gasteiger partial charge in [0.2, 0.25) is 0 Å². The normalized spacial score (nSPS) is 13.1. The van der Waals surface area contributed by atoms with Gasteiger partial charge in [0.15, 0.2) is 0 Å². The number of nitrogens with zero attached hydrogens (tertiary/aromatic N) is 1. The van der Waals surface area contributed by atoms with Gasteiger partial charge in [-0.1, -0.05) is 70.9 Å². The molecular formula is C13H28AlN.